The average Bonchev–Trinajstić information content (AvgIpc) is 2.20. The van der Waals surface area contributed by atoms with Crippen molar-refractivity contribution in [3.05, 3.63) is 24.3 Å². The number of urea groups is 1. The van der Waals surface area contributed by atoms with Crippen LogP contribution in [-0.2, 0) is 0 Å². The molecule has 0 aromatic heterocycles. The zero-order chi connectivity index (χ0) is 11.4. The maximum absolute atomic E-state index is 11.6. The molecule has 0 atom stereocenters. The van der Waals surface area contributed by atoms with Gasteiger partial charge in [0.2, 0.25) is 0 Å². The van der Waals surface area contributed by atoms with Gasteiger partial charge in [-0.3, -0.25) is 0 Å². The Morgan fingerprint density at radius 2 is 1.87 bits per heavy atom. The standard InChI is InChI=1S/C11H17N3O/c1-8(2)14(3)11(15)13-10-6-4-9(12)5-7-10/h4-8H,12H2,1-3H3,(H,13,15). The van der Waals surface area contributed by atoms with E-state index in [9.17, 15) is 4.79 Å². The highest BCUT2D eigenvalue weighted by Gasteiger charge is 2.11. The Hall–Kier alpha value is -1.71. The Kier molecular flexibility index (Phi) is 3.55. The Labute approximate surface area is 90.1 Å². The van der Waals surface area contributed by atoms with Crippen molar-refractivity contribution >= 4 is 17.4 Å². The van der Waals surface area contributed by atoms with Crippen molar-refractivity contribution in [2.45, 2.75) is 19.9 Å². The van der Waals surface area contributed by atoms with Crippen LogP contribution in [0.2, 0.25) is 0 Å². The maximum Gasteiger partial charge on any atom is 0.321 e. The van der Waals surface area contributed by atoms with Gasteiger partial charge in [-0.05, 0) is 38.1 Å². The number of hydrogen-bond donors (Lipinski definition) is 2. The zero-order valence-electron chi connectivity index (χ0n) is 9.32. The lowest BCUT2D eigenvalue weighted by Gasteiger charge is -2.21. The molecule has 0 bridgehead atoms. The van der Waals surface area contributed by atoms with Crippen LogP contribution >= 0.6 is 0 Å². The predicted octanol–water partition coefficient (Wildman–Crippen LogP) is 2.14. The molecule has 0 spiro atoms. The number of nitrogens with zero attached hydrogens (tertiary/aromatic N) is 1. The van der Waals surface area contributed by atoms with Crippen LogP contribution in [0.3, 0.4) is 0 Å². The number of nitrogen functional groups attached to an aromatic ring is 1. The third-order valence-corrected chi connectivity index (χ3v) is 2.26. The lowest BCUT2D eigenvalue weighted by molar-refractivity contribution is 0.211. The summed E-state index contributed by atoms with van der Waals surface area (Å²) in [5, 5.41) is 2.78. The van der Waals surface area contributed by atoms with Gasteiger partial charge in [0.05, 0.1) is 0 Å². The van der Waals surface area contributed by atoms with Gasteiger partial charge >= 0.3 is 6.03 Å². The molecule has 0 aliphatic heterocycles. The Morgan fingerprint density at radius 1 is 1.33 bits per heavy atom. The number of anilines is 2. The van der Waals surface area contributed by atoms with Crippen LogP contribution < -0.4 is 11.1 Å². The molecule has 0 heterocycles. The minimum absolute atomic E-state index is 0.116. The first-order valence-electron chi connectivity index (χ1n) is 4.90. The molecule has 0 saturated heterocycles. The SMILES string of the molecule is CC(C)N(C)C(=O)Nc1ccc(N)cc1. The summed E-state index contributed by atoms with van der Waals surface area (Å²) in [5.41, 5.74) is 6.98. The van der Waals surface area contributed by atoms with Crippen molar-refractivity contribution in [1.29, 1.82) is 0 Å². The fraction of sp³-hybridized carbons (Fsp3) is 0.364. The van der Waals surface area contributed by atoms with Gasteiger partial charge < -0.3 is 16.0 Å². The van der Waals surface area contributed by atoms with E-state index in [4.69, 9.17) is 5.73 Å². The van der Waals surface area contributed by atoms with E-state index in [1.165, 1.54) is 0 Å². The summed E-state index contributed by atoms with van der Waals surface area (Å²) in [7, 11) is 1.76. The molecule has 1 aromatic rings. The fourth-order valence-electron chi connectivity index (χ4n) is 1.01. The monoisotopic (exact) mass is 207 g/mol. The molecule has 3 N–H and O–H groups in total. The minimum atomic E-state index is -0.116. The van der Waals surface area contributed by atoms with Gasteiger partial charge in [0, 0.05) is 24.5 Å². The molecule has 0 aliphatic carbocycles. The van der Waals surface area contributed by atoms with Crippen molar-refractivity contribution in [3.8, 4) is 0 Å². The minimum Gasteiger partial charge on any atom is -0.399 e. The van der Waals surface area contributed by atoms with Crippen LogP contribution in [-0.4, -0.2) is 24.0 Å². The average molecular weight is 207 g/mol. The molecule has 2 amide bonds. The highest BCUT2D eigenvalue weighted by atomic mass is 16.2. The highest BCUT2D eigenvalue weighted by molar-refractivity contribution is 5.89. The summed E-state index contributed by atoms with van der Waals surface area (Å²) in [6.45, 7) is 3.92. The number of benzene rings is 1. The number of carbonyl (C=O) groups excluding carboxylic acids is 1. The van der Waals surface area contributed by atoms with E-state index in [0.717, 1.165) is 5.69 Å². The van der Waals surface area contributed by atoms with Gasteiger partial charge in [0.15, 0.2) is 0 Å². The Bertz CT molecular complexity index is 332. The van der Waals surface area contributed by atoms with Crippen molar-refractivity contribution in [2.24, 2.45) is 0 Å². The van der Waals surface area contributed by atoms with E-state index in [1.807, 2.05) is 13.8 Å². The highest BCUT2D eigenvalue weighted by Crippen LogP contribution is 2.11. The van der Waals surface area contributed by atoms with Gasteiger partial charge in [0.1, 0.15) is 0 Å². The molecule has 82 valence electrons. The van der Waals surface area contributed by atoms with Gasteiger partial charge in [-0.15, -0.1) is 0 Å². The van der Waals surface area contributed by atoms with E-state index in [1.54, 1.807) is 36.2 Å². The van der Waals surface area contributed by atoms with Gasteiger partial charge in [-0.1, -0.05) is 0 Å². The molecule has 4 nitrogen and oxygen atoms in total. The second-order valence-corrected chi connectivity index (χ2v) is 3.76. The van der Waals surface area contributed by atoms with E-state index in [2.05, 4.69) is 5.32 Å². The third-order valence-electron chi connectivity index (χ3n) is 2.26. The van der Waals surface area contributed by atoms with E-state index in [0.29, 0.717) is 5.69 Å². The number of carbonyl (C=O) groups is 1. The van der Waals surface area contributed by atoms with Crippen LogP contribution in [0.5, 0.6) is 0 Å². The first-order valence-corrected chi connectivity index (χ1v) is 4.90. The van der Waals surface area contributed by atoms with Crippen LogP contribution in [0, 0.1) is 0 Å². The summed E-state index contributed by atoms with van der Waals surface area (Å²) in [6, 6.07) is 7.13. The van der Waals surface area contributed by atoms with Crippen molar-refractivity contribution in [3.63, 3.8) is 0 Å². The maximum atomic E-state index is 11.6. The molecular weight excluding hydrogens is 190 g/mol. The van der Waals surface area contributed by atoms with Crippen molar-refractivity contribution in [2.75, 3.05) is 18.1 Å². The second-order valence-electron chi connectivity index (χ2n) is 3.76. The molecule has 0 fully saturated rings. The summed E-state index contributed by atoms with van der Waals surface area (Å²) >= 11 is 0. The molecule has 0 radical (unpaired) electrons. The molecule has 0 unspecified atom stereocenters. The number of hydrogen-bond acceptors (Lipinski definition) is 2. The number of rotatable bonds is 2. The van der Waals surface area contributed by atoms with Crippen LogP contribution in [0.1, 0.15) is 13.8 Å². The number of nitrogens with two attached hydrogens (primary N) is 1. The normalized spacial score (nSPS) is 10.1. The number of amides is 2. The van der Waals surface area contributed by atoms with Crippen LogP contribution in [0.25, 0.3) is 0 Å². The van der Waals surface area contributed by atoms with Gasteiger partial charge in [-0.25, -0.2) is 4.79 Å². The van der Waals surface area contributed by atoms with Crippen molar-refractivity contribution < 1.29 is 4.79 Å². The molecule has 4 heteroatoms. The first kappa shape index (κ1) is 11.4. The van der Waals surface area contributed by atoms with Crippen molar-refractivity contribution in [1.82, 2.24) is 4.90 Å². The second kappa shape index (κ2) is 4.68. The summed E-state index contributed by atoms with van der Waals surface area (Å²) < 4.78 is 0. The summed E-state index contributed by atoms with van der Waals surface area (Å²) in [6.07, 6.45) is 0. The molecular formula is C11H17N3O. The lowest BCUT2D eigenvalue weighted by Crippen LogP contribution is -2.36. The van der Waals surface area contributed by atoms with Gasteiger partial charge in [-0.2, -0.15) is 0 Å². The zero-order valence-corrected chi connectivity index (χ0v) is 9.32. The molecule has 0 saturated carbocycles. The smallest absolute Gasteiger partial charge is 0.321 e. The van der Waals surface area contributed by atoms with E-state index >= 15 is 0 Å². The molecule has 15 heavy (non-hydrogen) atoms. The van der Waals surface area contributed by atoms with E-state index < -0.39 is 0 Å². The summed E-state index contributed by atoms with van der Waals surface area (Å²) in [5.74, 6) is 0. The Morgan fingerprint density at radius 3 is 2.33 bits per heavy atom. The first-order chi connectivity index (χ1) is 7.00. The van der Waals surface area contributed by atoms with E-state index in [-0.39, 0.29) is 12.1 Å². The third kappa shape index (κ3) is 3.16. The molecule has 1 rings (SSSR count). The molecule has 1 aromatic carbocycles. The quantitative estimate of drug-likeness (QED) is 0.730. The largest absolute Gasteiger partial charge is 0.399 e. The van der Waals surface area contributed by atoms with Crippen LogP contribution in [0.15, 0.2) is 24.3 Å². The number of nitrogens with one attached hydrogen (secondary N) is 1. The molecule has 0 aliphatic rings. The summed E-state index contributed by atoms with van der Waals surface area (Å²) in [4.78, 5) is 13.3. The Balaban J connectivity index is 2.62. The van der Waals surface area contributed by atoms with Gasteiger partial charge in [0.25, 0.3) is 0 Å². The predicted molar refractivity (Wildman–Crippen MR) is 62.8 cm³/mol. The lowest BCUT2D eigenvalue weighted by atomic mass is 10.3. The van der Waals surface area contributed by atoms with Crippen LogP contribution in [0.4, 0.5) is 16.2 Å². The topological polar surface area (TPSA) is 58.4 Å². The fourth-order valence-corrected chi connectivity index (χ4v) is 1.01.